The molecule has 2 rings (SSSR count). The van der Waals surface area contributed by atoms with Gasteiger partial charge in [-0.3, -0.25) is 0 Å². The fraction of sp³-hybridized carbons (Fsp3) is 0.500. The molecular weight excluding hydrogens is 266 g/mol. The fourth-order valence-corrected chi connectivity index (χ4v) is 2.37. The van der Waals surface area contributed by atoms with Crippen LogP contribution in [-0.2, 0) is 11.3 Å². The Kier molecular flexibility index (Phi) is 4.54. The van der Waals surface area contributed by atoms with Crippen LogP contribution < -0.4 is 5.32 Å². The summed E-state index contributed by atoms with van der Waals surface area (Å²) in [5.41, 5.74) is -0.226. The van der Waals surface area contributed by atoms with Crippen LogP contribution in [0.5, 0.6) is 0 Å². The summed E-state index contributed by atoms with van der Waals surface area (Å²) in [6.45, 7) is 4.74. The smallest absolute Gasteiger partial charge is 0.410 e. The van der Waals surface area contributed by atoms with Gasteiger partial charge in [-0.1, -0.05) is 6.07 Å². The molecule has 1 saturated heterocycles. The summed E-state index contributed by atoms with van der Waals surface area (Å²) < 4.78 is 31.9. The van der Waals surface area contributed by atoms with Gasteiger partial charge in [-0.25, -0.2) is 13.6 Å². The first kappa shape index (κ1) is 14.7. The first-order chi connectivity index (χ1) is 9.50. The molecule has 1 aliphatic heterocycles. The summed E-state index contributed by atoms with van der Waals surface area (Å²) >= 11 is 0. The fourth-order valence-electron chi connectivity index (χ4n) is 2.37. The largest absolute Gasteiger partial charge is 0.444 e. The average Bonchev–Trinajstić information content (AvgIpc) is 2.38. The van der Waals surface area contributed by atoms with E-state index in [0.29, 0.717) is 13.1 Å². The van der Waals surface area contributed by atoms with Crippen molar-refractivity contribution >= 4 is 6.09 Å². The van der Waals surface area contributed by atoms with Crippen molar-refractivity contribution in [2.75, 3.05) is 13.1 Å². The van der Waals surface area contributed by atoms with Crippen molar-refractivity contribution in [3.05, 3.63) is 35.4 Å². The van der Waals surface area contributed by atoms with Crippen LogP contribution in [-0.4, -0.2) is 36.2 Å². The third kappa shape index (κ3) is 3.07. The van der Waals surface area contributed by atoms with E-state index in [1.54, 1.807) is 4.90 Å². The molecule has 1 fully saturated rings. The lowest BCUT2D eigenvalue weighted by Gasteiger charge is -2.38. The maximum atomic E-state index is 13.4. The standard InChI is InChI=1S/C14H18F2N2O2/c1-9-6-17-7-10(2)18(9)14(19)20-8-11-12(15)4-3-5-13(11)16/h3-5,9-10,17H,6-8H2,1-2H3/t9-,10+. The number of nitrogens with one attached hydrogen (secondary N) is 1. The highest BCUT2D eigenvalue weighted by atomic mass is 19.1. The number of carbonyl (C=O) groups is 1. The zero-order chi connectivity index (χ0) is 14.7. The van der Waals surface area contributed by atoms with Gasteiger partial charge in [0, 0.05) is 25.2 Å². The molecule has 0 aliphatic carbocycles. The molecule has 0 bridgehead atoms. The van der Waals surface area contributed by atoms with Gasteiger partial charge in [0.15, 0.2) is 0 Å². The van der Waals surface area contributed by atoms with E-state index in [1.165, 1.54) is 6.07 Å². The number of hydrogen-bond donors (Lipinski definition) is 1. The van der Waals surface area contributed by atoms with E-state index in [1.807, 2.05) is 13.8 Å². The summed E-state index contributed by atoms with van der Waals surface area (Å²) in [6.07, 6.45) is -0.547. The molecule has 2 atom stereocenters. The van der Waals surface area contributed by atoms with Gasteiger partial charge >= 0.3 is 6.09 Å². The van der Waals surface area contributed by atoms with Gasteiger partial charge in [-0.05, 0) is 26.0 Å². The Morgan fingerprint density at radius 2 is 1.85 bits per heavy atom. The molecule has 0 aromatic heterocycles. The molecular formula is C14H18F2N2O2. The van der Waals surface area contributed by atoms with E-state index in [-0.39, 0.29) is 17.6 Å². The molecule has 1 N–H and O–H groups in total. The van der Waals surface area contributed by atoms with E-state index < -0.39 is 24.3 Å². The molecule has 1 aromatic rings. The topological polar surface area (TPSA) is 41.6 Å². The number of carbonyl (C=O) groups excluding carboxylic acids is 1. The number of hydrogen-bond acceptors (Lipinski definition) is 3. The molecule has 0 saturated carbocycles. The molecule has 0 unspecified atom stereocenters. The van der Waals surface area contributed by atoms with Crippen LogP contribution >= 0.6 is 0 Å². The third-order valence-corrected chi connectivity index (χ3v) is 3.44. The Balaban J connectivity index is 2.01. The molecule has 0 spiro atoms. The molecule has 0 radical (unpaired) electrons. The van der Waals surface area contributed by atoms with Crippen molar-refractivity contribution in [3.63, 3.8) is 0 Å². The van der Waals surface area contributed by atoms with Crippen molar-refractivity contribution < 1.29 is 18.3 Å². The Bertz CT molecular complexity index is 466. The predicted octanol–water partition coefficient (Wildman–Crippen LogP) is 2.28. The van der Waals surface area contributed by atoms with Crippen LogP contribution in [0.25, 0.3) is 0 Å². The van der Waals surface area contributed by atoms with Gasteiger partial charge in [0.25, 0.3) is 0 Å². The van der Waals surface area contributed by atoms with Crippen LogP contribution in [0, 0.1) is 11.6 Å². The van der Waals surface area contributed by atoms with Crippen molar-refractivity contribution in [1.82, 2.24) is 10.2 Å². The summed E-state index contributed by atoms with van der Waals surface area (Å²) in [6, 6.07) is 3.52. The van der Waals surface area contributed by atoms with E-state index in [9.17, 15) is 13.6 Å². The summed E-state index contributed by atoms with van der Waals surface area (Å²) in [5, 5.41) is 3.19. The van der Waals surface area contributed by atoms with Crippen LogP contribution in [0.4, 0.5) is 13.6 Å². The molecule has 110 valence electrons. The van der Waals surface area contributed by atoms with Crippen LogP contribution in [0.1, 0.15) is 19.4 Å². The predicted molar refractivity (Wildman–Crippen MR) is 70.2 cm³/mol. The molecule has 1 aliphatic rings. The van der Waals surface area contributed by atoms with Gasteiger partial charge in [0.2, 0.25) is 0 Å². The first-order valence-corrected chi connectivity index (χ1v) is 6.59. The van der Waals surface area contributed by atoms with Crippen LogP contribution in [0.2, 0.25) is 0 Å². The summed E-state index contributed by atoms with van der Waals surface area (Å²) in [7, 11) is 0. The minimum absolute atomic E-state index is 0.0169. The quantitative estimate of drug-likeness (QED) is 0.906. The monoisotopic (exact) mass is 284 g/mol. The van der Waals surface area contributed by atoms with Crippen molar-refractivity contribution in [2.24, 2.45) is 0 Å². The lowest BCUT2D eigenvalue weighted by molar-refractivity contribution is 0.0552. The molecule has 6 heteroatoms. The Labute approximate surface area is 116 Å². The highest BCUT2D eigenvalue weighted by molar-refractivity contribution is 5.68. The first-order valence-electron chi connectivity index (χ1n) is 6.59. The van der Waals surface area contributed by atoms with Crippen molar-refractivity contribution in [3.8, 4) is 0 Å². The van der Waals surface area contributed by atoms with Crippen LogP contribution in [0.15, 0.2) is 18.2 Å². The number of amides is 1. The molecule has 1 heterocycles. The minimum Gasteiger partial charge on any atom is -0.444 e. The van der Waals surface area contributed by atoms with Gasteiger partial charge in [-0.15, -0.1) is 0 Å². The second-order valence-corrected chi connectivity index (χ2v) is 5.02. The van der Waals surface area contributed by atoms with E-state index in [0.717, 1.165) is 12.1 Å². The maximum absolute atomic E-state index is 13.4. The zero-order valence-corrected chi connectivity index (χ0v) is 11.5. The second-order valence-electron chi connectivity index (χ2n) is 5.02. The molecule has 1 aromatic carbocycles. The van der Waals surface area contributed by atoms with E-state index >= 15 is 0 Å². The normalized spacial score (nSPS) is 22.7. The number of piperazine rings is 1. The Morgan fingerprint density at radius 1 is 1.30 bits per heavy atom. The number of nitrogens with zero attached hydrogens (tertiary/aromatic N) is 1. The Hall–Kier alpha value is -1.69. The maximum Gasteiger partial charge on any atom is 0.410 e. The van der Waals surface area contributed by atoms with Gasteiger partial charge in [0.1, 0.15) is 18.2 Å². The number of ether oxygens (including phenoxy) is 1. The van der Waals surface area contributed by atoms with E-state index in [4.69, 9.17) is 4.74 Å². The summed E-state index contributed by atoms with van der Waals surface area (Å²) in [4.78, 5) is 13.6. The lowest BCUT2D eigenvalue weighted by atomic mass is 10.1. The summed E-state index contributed by atoms with van der Waals surface area (Å²) in [5.74, 6) is -1.42. The molecule has 20 heavy (non-hydrogen) atoms. The van der Waals surface area contributed by atoms with Crippen molar-refractivity contribution in [2.45, 2.75) is 32.5 Å². The third-order valence-electron chi connectivity index (χ3n) is 3.44. The molecule has 4 nitrogen and oxygen atoms in total. The van der Waals surface area contributed by atoms with E-state index in [2.05, 4.69) is 5.32 Å². The van der Waals surface area contributed by atoms with Crippen LogP contribution in [0.3, 0.4) is 0 Å². The second kappa shape index (κ2) is 6.17. The minimum atomic E-state index is -0.709. The number of rotatable bonds is 2. The highest BCUT2D eigenvalue weighted by Gasteiger charge is 2.30. The number of halogens is 2. The van der Waals surface area contributed by atoms with Gasteiger partial charge in [-0.2, -0.15) is 0 Å². The van der Waals surface area contributed by atoms with Gasteiger partial charge < -0.3 is 15.0 Å². The van der Waals surface area contributed by atoms with Gasteiger partial charge in [0.05, 0.1) is 5.56 Å². The average molecular weight is 284 g/mol. The lowest BCUT2D eigenvalue weighted by Crippen LogP contribution is -2.57. The molecule has 1 amide bonds. The SMILES string of the molecule is C[C@@H]1CNC[C@H](C)N1C(=O)OCc1c(F)cccc1F. The Morgan fingerprint density at radius 3 is 2.40 bits per heavy atom. The number of benzene rings is 1. The highest BCUT2D eigenvalue weighted by Crippen LogP contribution is 2.16. The zero-order valence-electron chi connectivity index (χ0n) is 11.5. The van der Waals surface area contributed by atoms with Crippen molar-refractivity contribution in [1.29, 1.82) is 0 Å².